The van der Waals surface area contributed by atoms with Gasteiger partial charge in [0.05, 0.1) is 4.92 Å². The van der Waals surface area contributed by atoms with Crippen molar-refractivity contribution in [1.82, 2.24) is 5.32 Å². The number of rotatable bonds is 4. The molecule has 1 rings (SSSR count). The smallest absolute Gasteiger partial charge is 0.270 e. The van der Waals surface area contributed by atoms with Crippen molar-refractivity contribution in [1.29, 1.82) is 0 Å². The Hall–Kier alpha value is -2.17. The Balaban J connectivity index is 2.74. The Morgan fingerprint density at radius 2 is 2.18 bits per heavy atom. The Morgan fingerprint density at radius 1 is 1.47 bits per heavy atom. The monoisotopic (exact) mass is 234 g/mol. The fourth-order valence-corrected chi connectivity index (χ4v) is 1.25. The topological polar surface area (TPSA) is 72.2 Å². The number of amides is 1. The summed E-state index contributed by atoms with van der Waals surface area (Å²) < 4.78 is 0. The molecule has 0 fully saturated rings. The molecule has 0 aliphatic carbocycles. The molecule has 1 N–H and O–H groups in total. The molecule has 17 heavy (non-hydrogen) atoms. The van der Waals surface area contributed by atoms with E-state index in [9.17, 15) is 14.9 Å². The molecule has 5 heteroatoms. The maximum atomic E-state index is 11.3. The van der Waals surface area contributed by atoms with Crippen molar-refractivity contribution in [3.63, 3.8) is 0 Å². The second-order valence-electron chi connectivity index (χ2n) is 3.85. The largest absolute Gasteiger partial charge is 0.350 e. The van der Waals surface area contributed by atoms with Crippen LogP contribution in [0.4, 0.5) is 5.69 Å². The summed E-state index contributed by atoms with van der Waals surface area (Å²) in [5, 5.41) is 13.2. The van der Waals surface area contributed by atoms with Gasteiger partial charge in [-0.15, -0.1) is 0 Å². The van der Waals surface area contributed by atoms with Crippen LogP contribution in [0.25, 0.3) is 6.08 Å². The average Bonchev–Trinajstić information content (AvgIpc) is 2.26. The number of hydrogen-bond donors (Lipinski definition) is 1. The lowest BCUT2D eigenvalue weighted by molar-refractivity contribution is -0.384. The third-order valence-electron chi connectivity index (χ3n) is 1.94. The maximum Gasteiger partial charge on any atom is 0.270 e. The number of non-ortho nitro benzene ring substituents is 1. The second kappa shape index (κ2) is 5.79. The number of carbonyl (C=O) groups excluding carboxylic acids is 1. The Kier molecular flexibility index (Phi) is 4.39. The lowest BCUT2D eigenvalue weighted by Gasteiger charge is -2.03. The van der Waals surface area contributed by atoms with E-state index in [4.69, 9.17) is 0 Å². The van der Waals surface area contributed by atoms with E-state index in [1.807, 2.05) is 13.8 Å². The van der Waals surface area contributed by atoms with Gasteiger partial charge in [-0.05, 0) is 25.5 Å². The zero-order chi connectivity index (χ0) is 12.8. The van der Waals surface area contributed by atoms with Crippen LogP contribution in [0.3, 0.4) is 0 Å². The number of nitrogens with one attached hydrogen (secondary N) is 1. The van der Waals surface area contributed by atoms with Crippen LogP contribution in [0.5, 0.6) is 0 Å². The van der Waals surface area contributed by atoms with Crippen molar-refractivity contribution in [3.8, 4) is 0 Å². The summed E-state index contributed by atoms with van der Waals surface area (Å²) >= 11 is 0. The molecule has 0 aliphatic heterocycles. The molecular weight excluding hydrogens is 220 g/mol. The zero-order valence-corrected chi connectivity index (χ0v) is 9.71. The summed E-state index contributed by atoms with van der Waals surface area (Å²) in [6.07, 6.45) is 2.91. The Labute approximate surface area is 99.3 Å². The van der Waals surface area contributed by atoms with E-state index in [2.05, 4.69) is 5.32 Å². The molecule has 0 unspecified atom stereocenters. The van der Waals surface area contributed by atoms with Gasteiger partial charge in [0.25, 0.3) is 5.69 Å². The molecule has 1 amide bonds. The molecule has 0 aliphatic rings. The molecule has 0 saturated carbocycles. The minimum atomic E-state index is -0.467. The fourth-order valence-electron chi connectivity index (χ4n) is 1.25. The summed E-state index contributed by atoms with van der Waals surface area (Å²) in [7, 11) is 0. The highest BCUT2D eigenvalue weighted by Gasteiger charge is 2.04. The molecule has 0 aromatic heterocycles. The predicted octanol–water partition coefficient (Wildman–Crippen LogP) is 2.13. The average molecular weight is 234 g/mol. The number of benzene rings is 1. The predicted molar refractivity (Wildman–Crippen MR) is 65.4 cm³/mol. The number of nitro benzene ring substituents is 1. The minimum absolute atomic E-state index is 0.0106. The van der Waals surface area contributed by atoms with E-state index in [-0.39, 0.29) is 17.6 Å². The molecule has 0 atom stereocenters. The molecule has 0 saturated heterocycles. The summed E-state index contributed by atoms with van der Waals surface area (Å²) in [4.78, 5) is 21.4. The normalized spacial score (nSPS) is 10.8. The van der Waals surface area contributed by atoms with Gasteiger partial charge in [-0.2, -0.15) is 0 Å². The van der Waals surface area contributed by atoms with E-state index in [0.29, 0.717) is 5.56 Å². The number of nitro groups is 1. The lowest BCUT2D eigenvalue weighted by atomic mass is 10.2. The number of carbonyl (C=O) groups is 1. The lowest BCUT2D eigenvalue weighted by Crippen LogP contribution is -2.28. The second-order valence-corrected chi connectivity index (χ2v) is 3.85. The van der Waals surface area contributed by atoms with Gasteiger partial charge < -0.3 is 5.32 Å². The van der Waals surface area contributed by atoms with Crippen molar-refractivity contribution >= 4 is 17.7 Å². The summed E-state index contributed by atoms with van der Waals surface area (Å²) in [5.41, 5.74) is 0.634. The summed E-state index contributed by atoms with van der Waals surface area (Å²) in [6.45, 7) is 3.72. The van der Waals surface area contributed by atoms with Gasteiger partial charge in [0.15, 0.2) is 0 Å². The van der Waals surface area contributed by atoms with Crippen LogP contribution in [0.1, 0.15) is 19.4 Å². The fraction of sp³-hybridized carbons (Fsp3) is 0.250. The number of hydrogen-bond acceptors (Lipinski definition) is 3. The zero-order valence-electron chi connectivity index (χ0n) is 9.71. The van der Waals surface area contributed by atoms with Gasteiger partial charge >= 0.3 is 0 Å². The number of nitrogens with zero attached hydrogens (tertiary/aromatic N) is 1. The van der Waals surface area contributed by atoms with E-state index in [1.54, 1.807) is 18.2 Å². The van der Waals surface area contributed by atoms with Crippen LogP contribution < -0.4 is 5.32 Å². The molecule has 0 radical (unpaired) electrons. The van der Waals surface area contributed by atoms with Crippen LogP contribution in [0, 0.1) is 10.1 Å². The molecule has 1 aromatic carbocycles. The Bertz CT molecular complexity index is 453. The van der Waals surface area contributed by atoms with E-state index < -0.39 is 4.92 Å². The van der Waals surface area contributed by atoms with E-state index in [0.717, 1.165) is 0 Å². The summed E-state index contributed by atoms with van der Waals surface area (Å²) in [6, 6.07) is 6.17. The highest BCUT2D eigenvalue weighted by molar-refractivity contribution is 5.91. The first-order valence-electron chi connectivity index (χ1n) is 5.22. The van der Waals surface area contributed by atoms with Crippen molar-refractivity contribution in [2.24, 2.45) is 0 Å². The van der Waals surface area contributed by atoms with Crippen LogP contribution in [-0.2, 0) is 4.79 Å². The third kappa shape index (κ3) is 4.46. The minimum Gasteiger partial charge on any atom is -0.350 e. The quantitative estimate of drug-likeness (QED) is 0.492. The van der Waals surface area contributed by atoms with Crippen molar-refractivity contribution in [3.05, 3.63) is 46.0 Å². The molecule has 90 valence electrons. The van der Waals surface area contributed by atoms with Crippen LogP contribution >= 0.6 is 0 Å². The maximum absolute atomic E-state index is 11.3. The third-order valence-corrected chi connectivity index (χ3v) is 1.94. The summed E-state index contributed by atoms with van der Waals surface area (Å²) in [5.74, 6) is -0.216. The first-order chi connectivity index (χ1) is 7.99. The van der Waals surface area contributed by atoms with Gasteiger partial charge in [-0.3, -0.25) is 14.9 Å². The molecule has 0 bridgehead atoms. The van der Waals surface area contributed by atoms with Gasteiger partial charge in [0, 0.05) is 24.3 Å². The van der Waals surface area contributed by atoms with Gasteiger partial charge in [0.2, 0.25) is 5.91 Å². The van der Waals surface area contributed by atoms with E-state index in [1.165, 1.54) is 18.2 Å². The van der Waals surface area contributed by atoms with Crippen molar-refractivity contribution < 1.29 is 9.72 Å². The highest BCUT2D eigenvalue weighted by Crippen LogP contribution is 2.13. The standard InChI is InChI=1S/C12H14N2O3/c1-9(2)13-12(15)7-6-10-4-3-5-11(8-10)14(16)17/h3-9H,1-2H3,(H,13,15). The molecular formula is C12H14N2O3. The SMILES string of the molecule is CC(C)NC(=O)C=Cc1cccc([N+](=O)[O-])c1. The highest BCUT2D eigenvalue weighted by atomic mass is 16.6. The van der Waals surface area contributed by atoms with Gasteiger partial charge in [-0.1, -0.05) is 12.1 Å². The first-order valence-corrected chi connectivity index (χ1v) is 5.22. The van der Waals surface area contributed by atoms with Crippen molar-refractivity contribution in [2.45, 2.75) is 19.9 Å². The molecule has 5 nitrogen and oxygen atoms in total. The van der Waals surface area contributed by atoms with Crippen LogP contribution in [-0.4, -0.2) is 16.9 Å². The molecule has 1 aromatic rings. The van der Waals surface area contributed by atoms with Gasteiger partial charge in [-0.25, -0.2) is 0 Å². The molecule has 0 heterocycles. The van der Waals surface area contributed by atoms with Crippen LogP contribution in [0.15, 0.2) is 30.3 Å². The van der Waals surface area contributed by atoms with E-state index >= 15 is 0 Å². The molecule has 0 spiro atoms. The van der Waals surface area contributed by atoms with Crippen LogP contribution in [0.2, 0.25) is 0 Å². The first kappa shape index (κ1) is 12.9. The van der Waals surface area contributed by atoms with Gasteiger partial charge in [0.1, 0.15) is 0 Å². The van der Waals surface area contributed by atoms with Crippen molar-refractivity contribution in [2.75, 3.05) is 0 Å². The Morgan fingerprint density at radius 3 is 2.76 bits per heavy atom.